The molecule has 15 heavy (non-hydrogen) atoms. The lowest BCUT2D eigenvalue weighted by Gasteiger charge is -2.22. The first kappa shape index (κ1) is 10.9. The molecule has 1 aromatic rings. The molecule has 84 valence electrons. The minimum Gasteiger partial charge on any atom is -0.384 e. The monoisotopic (exact) mass is 230 g/mol. The molecule has 0 bridgehead atoms. The van der Waals surface area contributed by atoms with E-state index >= 15 is 0 Å². The van der Waals surface area contributed by atoms with E-state index < -0.39 is 6.23 Å². The number of hydrogen-bond donors (Lipinski definition) is 1. The summed E-state index contributed by atoms with van der Waals surface area (Å²) in [6, 6.07) is 0. The number of rotatable bonds is 3. The Morgan fingerprint density at radius 3 is 3.20 bits per heavy atom. The zero-order chi connectivity index (χ0) is 10.8. The van der Waals surface area contributed by atoms with Crippen molar-refractivity contribution in [1.29, 1.82) is 0 Å². The average Bonchev–Trinajstić information content (AvgIpc) is 2.55. The van der Waals surface area contributed by atoms with Gasteiger partial charge < -0.3 is 14.4 Å². The molecule has 0 spiro atoms. The van der Waals surface area contributed by atoms with E-state index in [0.717, 1.165) is 30.8 Å². The van der Waals surface area contributed by atoms with Crippen molar-refractivity contribution < 1.29 is 9.84 Å². The first-order chi connectivity index (χ1) is 7.24. The molecule has 0 amide bonds. The molecular formula is C10H15ClN2O2. The van der Waals surface area contributed by atoms with E-state index in [1.807, 2.05) is 4.57 Å². The van der Waals surface area contributed by atoms with Gasteiger partial charge in [-0.15, -0.1) is 0 Å². The van der Waals surface area contributed by atoms with Gasteiger partial charge in [0.25, 0.3) is 0 Å². The molecule has 0 fully saturated rings. The highest BCUT2D eigenvalue weighted by Crippen LogP contribution is 2.29. The van der Waals surface area contributed by atoms with Crippen LogP contribution in [0.3, 0.4) is 0 Å². The Labute approximate surface area is 93.8 Å². The molecule has 2 heterocycles. The lowest BCUT2D eigenvalue weighted by Crippen LogP contribution is -2.20. The number of aliphatic hydroxyl groups is 1. The summed E-state index contributed by atoms with van der Waals surface area (Å²) in [7, 11) is 1.65. The molecule has 1 aliphatic heterocycles. The predicted molar refractivity (Wildman–Crippen MR) is 57.0 cm³/mol. The van der Waals surface area contributed by atoms with Gasteiger partial charge in [-0.2, -0.15) is 0 Å². The molecule has 5 heteroatoms. The number of fused-ring (bicyclic) bond motifs is 1. The summed E-state index contributed by atoms with van der Waals surface area (Å²) >= 11 is 6.02. The molecule has 2 rings (SSSR count). The summed E-state index contributed by atoms with van der Waals surface area (Å²) in [6.45, 7) is 0.597. The standard InChI is InChI=1S/C10H15ClN2O2/c1-15-6-5-8-12-10(11)7-3-2-4-9(14)13(7)8/h9,14H,2-6H2,1H3. The second kappa shape index (κ2) is 4.51. The van der Waals surface area contributed by atoms with Crippen molar-refractivity contribution in [1.82, 2.24) is 9.55 Å². The van der Waals surface area contributed by atoms with E-state index in [1.165, 1.54) is 0 Å². The van der Waals surface area contributed by atoms with Crippen LogP contribution < -0.4 is 0 Å². The largest absolute Gasteiger partial charge is 0.384 e. The number of methoxy groups -OCH3 is 1. The molecule has 0 saturated heterocycles. The number of ether oxygens (including phenoxy) is 1. The summed E-state index contributed by atoms with van der Waals surface area (Å²) in [5.41, 5.74) is 0.960. The number of halogens is 1. The Hall–Kier alpha value is -0.580. The third kappa shape index (κ3) is 2.02. The summed E-state index contributed by atoms with van der Waals surface area (Å²) in [5, 5.41) is 10.4. The van der Waals surface area contributed by atoms with Crippen molar-refractivity contribution in [2.75, 3.05) is 13.7 Å². The minimum absolute atomic E-state index is 0.472. The molecule has 1 N–H and O–H groups in total. The Bertz CT molecular complexity index is 351. The maximum atomic E-state index is 9.88. The van der Waals surface area contributed by atoms with Crippen molar-refractivity contribution in [2.45, 2.75) is 31.9 Å². The van der Waals surface area contributed by atoms with Gasteiger partial charge in [0.15, 0.2) is 5.15 Å². The van der Waals surface area contributed by atoms with Gasteiger partial charge in [0.1, 0.15) is 12.1 Å². The fourth-order valence-corrected chi connectivity index (χ4v) is 2.30. The van der Waals surface area contributed by atoms with Crippen LogP contribution in [0.4, 0.5) is 0 Å². The molecule has 1 aliphatic rings. The average molecular weight is 231 g/mol. The van der Waals surface area contributed by atoms with Crippen molar-refractivity contribution in [3.05, 3.63) is 16.7 Å². The van der Waals surface area contributed by atoms with Gasteiger partial charge in [-0.1, -0.05) is 11.6 Å². The lowest BCUT2D eigenvalue weighted by atomic mass is 10.1. The summed E-state index contributed by atoms with van der Waals surface area (Å²) in [4.78, 5) is 4.27. The normalized spacial score (nSPS) is 20.3. The fourth-order valence-electron chi connectivity index (χ4n) is 2.01. The van der Waals surface area contributed by atoms with Crippen molar-refractivity contribution in [2.24, 2.45) is 0 Å². The minimum atomic E-state index is -0.472. The maximum Gasteiger partial charge on any atom is 0.150 e. The quantitative estimate of drug-likeness (QED) is 0.857. The van der Waals surface area contributed by atoms with Crippen molar-refractivity contribution >= 4 is 11.6 Å². The molecule has 0 saturated carbocycles. The van der Waals surface area contributed by atoms with Crippen LogP contribution in [0.5, 0.6) is 0 Å². The number of aliphatic hydroxyl groups excluding tert-OH is 1. The van der Waals surface area contributed by atoms with Crippen LogP contribution in [0.2, 0.25) is 5.15 Å². The lowest BCUT2D eigenvalue weighted by molar-refractivity contribution is 0.0744. The van der Waals surface area contributed by atoms with E-state index in [2.05, 4.69) is 4.98 Å². The Balaban J connectivity index is 2.30. The summed E-state index contributed by atoms with van der Waals surface area (Å²) < 4.78 is 6.86. The zero-order valence-electron chi connectivity index (χ0n) is 8.74. The fraction of sp³-hybridized carbons (Fsp3) is 0.700. The summed E-state index contributed by atoms with van der Waals surface area (Å²) in [6.07, 6.45) is 2.86. The van der Waals surface area contributed by atoms with Gasteiger partial charge in [0.05, 0.1) is 12.3 Å². The topological polar surface area (TPSA) is 47.3 Å². The van der Waals surface area contributed by atoms with Crippen LogP contribution in [0.1, 0.15) is 30.6 Å². The molecule has 0 aromatic carbocycles. The first-order valence-electron chi connectivity index (χ1n) is 5.16. The highest BCUT2D eigenvalue weighted by Gasteiger charge is 2.24. The molecular weight excluding hydrogens is 216 g/mol. The SMILES string of the molecule is COCCc1nc(Cl)c2n1C(O)CCC2. The maximum absolute atomic E-state index is 9.88. The van der Waals surface area contributed by atoms with Gasteiger partial charge >= 0.3 is 0 Å². The molecule has 1 unspecified atom stereocenters. The van der Waals surface area contributed by atoms with E-state index in [9.17, 15) is 5.11 Å². The van der Waals surface area contributed by atoms with Crippen molar-refractivity contribution in [3.63, 3.8) is 0 Å². The highest BCUT2D eigenvalue weighted by atomic mass is 35.5. The predicted octanol–water partition coefficient (Wildman–Crippen LogP) is 1.55. The van der Waals surface area contributed by atoms with Crippen LogP contribution in [-0.4, -0.2) is 28.4 Å². The molecule has 0 aliphatic carbocycles. The molecule has 4 nitrogen and oxygen atoms in total. The number of imidazole rings is 1. The smallest absolute Gasteiger partial charge is 0.150 e. The number of nitrogens with zero attached hydrogens (tertiary/aromatic N) is 2. The third-order valence-corrected chi connectivity index (χ3v) is 3.04. The van der Waals surface area contributed by atoms with Crippen LogP contribution in [-0.2, 0) is 17.6 Å². The van der Waals surface area contributed by atoms with Crippen LogP contribution >= 0.6 is 11.6 Å². The van der Waals surface area contributed by atoms with Gasteiger partial charge in [-0.25, -0.2) is 4.98 Å². The van der Waals surface area contributed by atoms with E-state index in [-0.39, 0.29) is 0 Å². The number of hydrogen-bond acceptors (Lipinski definition) is 3. The van der Waals surface area contributed by atoms with E-state index in [1.54, 1.807) is 7.11 Å². The van der Waals surface area contributed by atoms with Gasteiger partial charge in [-0.3, -0.25) is 0 Å². The first-order valence-corrected chi connectivity index (χ1v) is 5.54. The van der Waals surface area contributed by atoms with Gasteiger partial charge in [0.2, 0.25) is 0 Å². The molecule has 1 aromatic heterocycles. The molecule has 1 atom stereocenters. The Morgan fingerprint density at radius 2 is 2.47 bits per heavy atom. The number of aromatic nitrogens is 2. The zero-order valence-corrected chi connectivity index (χ0v) is 9.50. The molecule has 0 radical (unpaired) electrons. The van der Waals surface area contributed by atoms with E-state index in [0.29, 0.717) is 18.2 Å². The summed E-state index contributed by atoms with van der Waals surface area (Å²) in [5.74, 6) is 0.823. The second-order valence-corrected chi connectivity index (χ2v) is 4.11. The van der Waals surface area contributed by atoms with Gasteiger partial charge in [0, 0.05) is 13.5 Å². The van der Waals surface area contributed by atoms with E-state index in [4.69, 9.17) is 16.3 Å². The second-order valence-electron chi connectivity index (χ2n) is 3.75. The third-order valence-electron chi connectivity index (χ3n) is 2.74. The van der Waals surface area contributed by atoms with Crippen molar-refractivity contribution in [3.8, 4) is 0 Å². The van der Waals surface area contributed by atoms with Crippen LogP contribution in [0, 0.1) is 0 Å². The Morgan fingerprint density at radius 1 is 1.67 bits per heavy atom. The highest BCUT2D eigenvalue weighted by molar-refractivity contribution is 6.30. The van der Waals surface area contributed by atoms with Gasteiger partial charge in [-0.05, 0) is 19.3 Å². The van der Waals surface area contributed by atoms with Crippen LogP contribution in [0.25, 0.3) is 0 Å². The Kier molecular flexibility index (Phi) is 3.29. The van der Waals surface area contributed by atoms with Crippen LogP contribution in [0.15, 0.2) is 0 Å².